The lowest BCUT2D eigenvalue weighted by atomic mass is 9.85. The first-order chi connectivity index (χ1) is 9.59. The average Bonchev–Trinajstić information content (AvgIpc) is 3.20. The van der Waals surface area contributed by atoms with Crippen LogP contribution in [-0.4, -0.2) is 33.4 Å². The molecule has 0 saturated heterocycles. The number of nitrogens with two attached hydrogens (primary N) is 1. The van der Waals surface area contributed by atoms with E-state index in [0.29, 0.717) is 11.6 Å². The summed E-state index contributed by atoms with van der Waals surface area (Å²) in [5.41, 5.74) is 6.80. The number of amides is 1. The van der Waals surface area contributed by atoms with Gasteiger partial charge >= 0.3 is 0 Å². The van der Waals surface area contributed by atoms with E-state index in [0.717, 1.165) is 50.6 Å². The molecule has 5 N–H and O–H groups in total. The van der Waals surface area contributed by atoms with Crippen molar-refractivity contribution in [2.24, 2.45) is 0 Å². The minimum atomic E-state index is -0.766. The van der Waals surface area contributed by atoms with Crippen LogP contribution in [0.2, 0.25) is 0 Å². The van der Waals surface area contributed by atoms with Crippen molar-refractivity contribution in [2.45, 2.75) is 56.5 Å². The maximum atomic E-state index is 12.1. The molecule has 0 spiro atoms. The SMILES string of the molecule is Nc1c(C(=O)NCC2(O)CCCCC2)n[nH]c1C1CC1. The van der Waals surface area contributed by atoms with E-state index in [4.69, 9.17) is 5.73 Å². The fraction of sp³-hybridized carbons (Fsp3) is 0.714. The number of carbonyl (C=O) groups excluding carboxylic acids is 1. The van der Waals surface area contributed by atoms with E-state index in [1.807, 2.05) is 0 Å². The molecule has 0 atom stereocenters. The number of rotatable bonds is 4. The van der Waals surface area contributed by atoms with Gasteiger partial charge in [-0.3, -0.25) is 9.89 Å². The first kappa shape index (κ1) is 13.4. The summed E-state index contributed by atoms with van der Waals surface area (Å²) in [6.45, 7) is 0.275. The van der Waals surface area contributed by atoms with Crippen molar-refractivity contribution in [1.82, 2.24) is 15.5 Å². The highest BCUT2D eigenvalue weighted by molar-refractivity contribution is 5.97. The largest absolute Gasteiger partial charge is 0.395 e. The van der Waals surface area contributed by atoms with Crippen LogP contribution in [0.3, 0.4) is 0 Å². The van der Waals surface area contributed by atoms with E-state index in [2.05, 4.69) is 15.5 Å². The Morgan fingerprint density at radius 3 is 2.75 bits per heavy atom. The van der Waals surface area contributed by atoms with E-state index in [-0.39, 0.29) is 18.1 Å². The molecule has 0 unspecified atom stereocenters. The second-order valence-electron chi connectivity index (χ2n) is 6.14. The second kappa shape index (κ2) is 5.09. The van der Waals surface area contributed by atoms with Gasteiger partial charge in [0.05, 0.1) is 17.0 Å². The molecule has 0 aromatic carbocycles. The van der Waals surface area contributed by atoms with Crippen molar-refractivity contribution in [3.05, 3.63) is 11.4 Å². The smallest absolute Gasteiger partial charge is 0.274 e. The number of aromatic amines is 1. The molecule has 20 heavy (non-hydrogen) atoms. The lowest BCUT2D eigenvalue weighted by Crippen LogP contribution is -2.44. The fourth-order valence-corrected chi connectivity index (χ4v) is 2.94. The van der Waals surface area contributed by atoms with Crippen LogP contribution in [0.5, 0.6) is 0 Å². The molecule has 2 fully saturated rings. The molecule has 0 radical (unpaired) electrons. The summed E-state index contributed by atoms with van der Waals surface area (Å²) in [6, 6.07) is 0. The summed E-state index contributed by atoms with van der Waals surface area (Å²) in [5, 5.41) is 20.0. The molecule has 2 saturated carbocycles. The quantitative estimate of drug-likeness (QED) is 0.666. The predicted molar refractivity (Wildman–Crippen MR) is 75.3 cm³/mol. The number of hydrogen-bond donors (Lipinski definition) is 4. The van der Waals surface area contributed by atoms with Gasteiger partial charge in [0, 0.05) is 12.5 Å². The molecular formula is C14H22N4O2. The van der Waals surface area contributed by atoms with Gasteiger partial charge in [-0.15, -0.1) is 0 Å². The molecule has 0 aliphatic heterocycles. The summed E-state index contributed by atoms with van der Waals surface area (Å²) in [5.74, 6) is 0.135. The van der Waals surface area contributed by atoms with Crippen LogP contribution in [0.15, 0.2) is 0 Å². The normalized spacial score (nSPS) is 21.6. The molecule has 6 nitrogen and oxygen atoms in total. The second-order valence-corrected chi connectivity index (χ2v) is 6.14. The summed E-state index contributed by atoms with van der Waals surface area (Å²) in [6.07, 6.45) is 6.90. The highest BCUT2D eigenvalue weighted by atomic mass is 16.3. The summed E-state index contributed by atoms with van der Waals surface area (Å²) in [4.78, 5) is 12.1. The number of hydrogen-bond acceptors (Lipinski definition) is 4. The molecule has 1 aromatic rings. The van der Waals surface area contributed by atoms with Crippen LogP contribution in [-0.2, 0) is 0 Å². The van der Waals surface area contributed by atoms with E-state index >= 15 is 0 Å². The van der Waals surface area contributed by atoms with E-state index in [1.54, 1.807) is 0 Å². The average molecular weight is 278 g/mol. The zero-order chi connectivity index (χ0) is 14.2. The highest BCUT2D eigenvalue weighted by Gasteiger charge is 2.32. The molecule has 1 amide bonds. The van der Waals surface area contributed by atoms with Gasteiger partial charge in [0.15, 0.2) is 5.69 Å². The lowest BCUT2D eigenvalue weighted by molar-refractivity contribution is 0.00522. The Morgan fingerprint density at radius 2 is 2.10 bits per heavy atom. The van der Waals surface area contributed by atoms with Gasteiger partial charge in [0.1, 0.15) is 0 Å². The Kier molecular flexibility index (Phi) is 3.41. The van der Waals surface area contributed by atoms with Crippen LogP contribution in [0.25, 0.3) is 0 Å². The number of aromatic nitrogens is 2. The van der Waals surface area contributed by atoms with Gasteiger partial charge in [-0.2, -0.15) is 5.10 Å². The number of nitrogens with zero attached hydrogens (tertiary/aromatic N) is 1. The number of aliphatic hydroxyl groups is 1. The summed E-state index contributed by atoms with van der Waals surface area (Å²) < 4.78 is 0. The Balaban J connectivity index is 1.61. The third-order valence-electron chi connectivity index (χ3n) is 4.40. The maximum Gasteiger partial charge on any atom is 0.274 e. The fourth-order valence-electron chi connectivity index (χ4n) is 2.94. The zero-order valence-corrected chi connectivity index (χ0v) is 11.6. The number of carbonyl (C=O) groups is 1. The molecule has 2 aliphatic rings. The van der Waals surface area contributed by atoms with Crippen molar-refractivity contribution in [3.63, 3.8) is 0 Å². The van der Waals surface area contributed by atoms with Crippen molar-refractivity contribution in [1.29, 1.82) is 0 Å². The Labute approximate surface area is 118 Å². The first-order valence-electron chi connectivity index (χ1n) is 7.43. The van der Waals surface area contributed by atoms with Crippen molar-refractivity contribution in [3.8, 4) is 0 Å². The molecule has 2 aliphatic carbocycles. The Morgan fingerprint density at radius 1 is 1.40 bits per heavy atom. The van der Waals surface area contributed by atoms with Gasteiger partial charge in [-0.05, 0) is 25.7 Å². The van der Waals surface area contributed by atoms with Gasteiger partial charge in [-0.25, -0.2) is 0 Å². The van der Waals surface area contributed by atoms with Crippen molar-refractivity contribution >= 4 is 11.6 Å². The predicted octanol–water partition coefficient (Wildman–Crippen LogP) is 1.29. The van der Waals surface area contributed by atoms with Crippen LogP contribution >= 0.6 is 0 Å². The van der Waals surface area contributed by atoms with E-state index < -0.39 is 5.60 Å². The highest BCUT2D eigenvalue weighted by Crippen LogP contribution is 2.42. The van der Waals surface area contributed by atoms with Crippen LogP contribution < -0.4 is 11.1 Å². The first-order valence-corrected chi connectivity index (χ1v) is 7.43. The lowest BCUT2D eigenvalue weighted by Gasteiger charge is -2.31. The van der Waals surface area contributed by atoms with Crippen LogP contribution in [0.4, 0.5) is 5.69 Å². The van der Waals surface area contributed by atoms with Crippen LogP contribution in [0, 0.1) is 0 Å². The number of H-pyrrole nitrogens is 1. The van der Waals surface area contributed by atoms with Gasteiger partial charge < -0.3 is 16.2 Å². The minimum Gasteiger partial charge on any atom is -0.395 e. The van der Waals surface area contributed by atoms with Gasteiger partial charge in [0.2, 0.25) is 0 Å². The standard InChI is InChI=1S/C14H22N4O2/c15-10-11(9-4-5-9)17-18-12(10)13(19)16-8-14(20)6-2-1-3-7-14/h9,20H,1-8,15H2,(H,16,19)(H,17,18). The molecule has 110 valence electrons. The summed E-state index contributed by atoms with van der Waals surface area (Å²) >= 11 is 0. The van der Waals surface area contributed by atoms with Crippen LogP contribution in [0.1, 0.15) is 67.0 Å². The Bertz CT molecular complexity index is 501. The van der Waals surface area contributed by atoms with E-state index in [1.165, 1.54) is 0 Å². The molecule has 1 aromatic heterocycles. The van der Waals surface area contributed by atoms with Gasteiger partial charge in [0.25, 0.3) is 5.91 Å². The number of anilines is 1. The molecule has 6 heteroatoms. The maximum absolute atomic E-state index is 12.1. The van der Waals surface area contributed by atoms with Crippen molar-refractivity contribution < 1.29 is 9.90 Å². The topological polar surface area (TPSA) is 104 Å². The molecule has 3 rings (SSSR count). The third kappa shape index (κ3) is 2.65. The number of nitrogen functional groups attached to an aromatic ring is 1. The Hall–Kier alpha value is -1.56. The summed E-state index contributed by atoms with van der Waals surface area (Å²) in [7, 11) is 0. The number of nitrogens with one attached hydrogen (secondary N) is 2. The minimum absolute atomic E-state index is 0.256. The van der Waals surface area contributed by atoms with Crippen molar-refractivity contribution in [2.75, 3.05) is 12.3 Å². The monoisotopic (exact) mass is 278 g/mol. The third-order valence-corrected chi connectivity index (χ3v) is 4.40. The molecular weight excluding hydrogens is 256 g/mol. The zero-order valence-electron chi connectivity index (χ0n) is 11.6. The van der Waals surface area contributed by atoms with E-state index in [9.17, 15) is 9.90 Å². The molecule has 1 heterocycles. The van der Waals surface area contributed by atoms with Gasteiger partial charge in [-0.1, -0.05) is 19.3 Å². The molecule has 0 bridgehead atoms.